The van der Waals surface area contributed by atoms with E-state index in [0.29, 0.717) is 10.2 Å². The van der Waals surface area contributed by atoms with Gasteiger partial charge in [-0.25, -0.2) is 4.39 Å². The molecule has 0 radical (unpaired) electrons. The van der Waals surface area contributed by atoms with Gasteiger partial charge in [-0.3, -0.25) is 4.79 Å². The molecule has 0 N–H and O–H groups in total. The first kappa shape index (κ1) is 11.4. The maximum atomic E-state index is 12.9. The summed E-state index contributed by atoms with van der Waals surface area (Å²) >= 11 is 1.89. The Bertz CT molecular complexity index is 339. The zero-order valence-electron chi connectivity index (χ0n) is 7.72. The van der Waals surface area contributed by atoms with E-state index in [2.05, 4.69) is 0 Å². The highest BCUT2D eigenvalue weighted by Crippen LogP contribution is 2.13. The van der Waals surface area contributed by atoms with E-state index in [1.807, 2.05) is 22.6 Å². The molecule has 14 heavy (non-hydrogen) atoms. The molecule has 0 aliphatic heterocycles. The number of hydrogen-bond acceptors (Lipinski definition) is 2. The normalized spacial score (nSPS) is 9.93. The SMILES string of the molecule is CCOC(=O)Cc1ccc(F)c(I)c1. The van der Waals surface area contributed by atoms with E-state index in [1.165, 1.54) is 6.07 Å². The summed E-state index contributed by atoms with van der Waals surface area (Å²) in [6, 6.07) is 4.59. The zero-order chi connectivity index (χ0) is 10.6. The quantitative estimate of drug-likeness (QED) is 0.633. The van der Waals surface area contributed by atoms with Crippen LogP contribution >= 0.6 is 22.6 Å². The first-order chi connectivity index (χ1) is 6.63. The summed E-state index contributed by atoms with van der Waals surface area (Å²) in [6.45, 7) is 2.13. The molecule has 0 amide bonds. The van der Waals surface area contributed by atoms with Gasteiger partial charge in [-0.2, -0.15) is 0 Å². The fourth-order valence-corrected chi connectivity index (χ4v) is 1.61. The predicted octanol–water partition coefficient (Wildman–Crippen LogP) is 2.54. The minimum Gasteiger partial charge on any atom is -0.466 e. The molecule has 2 nitrogen and oxygen atoms in total. The molecular weight excluding hydrogens is 298 g/mol. The van der Waals surface area contributed by atoms with Crippen LogP contribution in [0.5, 0.6) is 0 Å². The lowest BCUT2D eigenvalue weighted by Crippen LogP contribution is -2.07. The molecule has 1 aromatic rings. The van der Waals surface area contributed by atoms with Crippen LogP contribution in [-0.2, 0) is 16.0 Å². The zero-order valence-corrected chi connectivity index (χ0v) is 9.88. The van der Waals surface area contributed by atoms with Crippen LogP contribution in [0.25, 0.3) is 0 Å². The van der Waals surface area contributed by atoms with Crippen molar-refractivity contribution in [3.8, 4) is 0 Å². The molecule has 0 unspecified atom stereocenters. The van der Waals surface area contributed by atoms with E-state index in [-0.39, 0.29) is 18.2 Å². The van der Waals surface area contributed by atoms with Crippen LogP contribution in [0.15, 0.2) is 18.2 Å². The maximum Gasteiger partial charge on any atom is 0.310 e. The molecule has 0 spiro atoms. The Morgan fingerprint density at radius 1 is 1.57 bits per heavy atom. The van der Waals surface area contributed by atoms with E-state index in [1.54, 1.807) is 19.1 Å². The smallest absolute Gasteiger partial charge is 0.310 e. The van der Waals surface area contributed by atoms with E-state index >= 15 is 0 Å². The highest BCUT2D eigenvalue weighted by molar-refractivity contribution is 14.1. The summed E-state index contributed by atoms with van der Waals surface area (Å²) in [6.07, 6.45) is 0.199. The molecule has 0 aliphatic rings. The fraction of sp³-hybridized carbons (Fsp3) is 0.300. The van der Waals surface area contributed by atoms with Gasteiger partial charge < -0.3 is 4.74 Å². The van der Waals surface area contributed by atoms with E-state index in [0.717, 1.165) is 5.56 Å². The number of halogens is 2. The Morgan fingerprint density at radius 2 is 2.29 bits per heavy atom. The van der Waals surface area contributed by atoms with Crippen molar-refractivity contribution in [1.82, 2.24) is 0 Å². The minimum atomic E-state index is -0.282. The number of esters is 1. The van der Waals surface area contributed by atoms with Gasteiger partial charge in [-0.1, -0.05) is 6.07 Å². The van der Waals surface area contributed by atoms with Gasteiger partial charge in [-0.15, -0.1) is 0 Å². The van der Waals surface area contributed by atoms with Crippen molar-refractivity contribution in [1.29, 1.82) is 0 Å². The lowest BCUT2D eigenvalue weighted by molar-refractivity contribution is -0.142. The third-order valence-electron chi connectivity index (χ3n) is 1.64. The summed E-state index contributed by atoms with van der Waals surface area (Å²) in [5, 5.41) is 0. The van der Waals surface area contributed by atoms with Crippen LogP contribution < -0.4 is 0 Å². The molecule has 4 heteroatoms. The Hall–Kier alpha value is -0.650. The molecule has 0 atom stereocenters. The van der Waals surface area contributed by atoms with Gasteiger partial charge in [-0.05, 0) is 47.2 Å². The fourth-order valence-electron chi connectivity index (χ4n) is 1.03. The van der Waals surface area contributed by atoms with Gasteiger partial charge in [0.05, 0.1) is 13.0 Å². The molecule has 0 heterocycles. The van der Waals surface area contributed by atoms with E-state index in [9.17, 15) is 9.18 Å². The monoisotopic (exact) mass is 308 g/mol. The Balaban J connectivity index is 2.68. The maximum absolute atomic E-state index is 12.9. The van der Waals surface area contributed by atoms with Gasteiger partial charge in [0, 0.05) is 3.57 Å². The molecule has 0 bridgehead atoms. The third-order valence-corrected chi connectivity index (χ3v) is 2.46. The highest BCUT2D eigenvalue weighted by atomic mass is 127. The van der Waals surface area contributed by atoms with Crippen LogP contribution in [0.2, 0.25) is 0 Å². The topological polar surface area (TPSA) is 26.3 Å². The first-order valence-corrected chi connectivity index (χ1v) is 5.31. The van der Waals surface area contributed by atoms with E-state index in [4.69, 9.17) is 4.74 Å². The number of carbonyl (C=O) groups excluding carboxylic acids is 1. The third kappa shape index (κ3) is 3.25. The number of rotatable bonds is 3. The molecule has 0 aliphatic carbocycles. The molecule has 0 saturated carbocycles. The number of carbonyl (C=O) groups is 1. The van der Waals surface area contributed by atoms with E-state index < -0.39 is 0 Å². The Morgan fingerprint density at radius 3 is 2.86 bits per heavy atom. The average molecular weight is 308 g/mol. The minimum absolute atomic E-state index is 0.199. The number of hydrogen-bond donors (Lipinski definition) is 0. The lowest BCUT2D eigenvalue weighted by Gasteiger charge is -2.02. The van der Waals surface area contributed by atoms with Crippen molar-refractivity contribution in [3.63, 3.8) is 0 Å². The van der Waals surface area contributed by atoms with Crippen molar-refractivity contribution in [2.45, 2.75) is 13.3 Å². The van der Waals surface area contributed by atoms with Crippen LogP contribution in [-0.4, -0.2) is 12.6 Å². The molecule has 1 rings (SSSR count). The van der Waals surface area contributed by atoms with Gasteiger partial charge >= 0.3 is 5.97 Å². The molecule has 1 aromatic carbocycles. The van der Waals surface area contributed by atoms with Gasteiger partial charge in [0.1, 0.15) is 5.82 Å². The Kier molecular flexibility index (Phi) is 4.31. The molecule has 0 saturated heterocycles. The second-order valence-electron chi connectivity index (χ2n) is 2.73. The summed E-state index contributed by atoms with van der Waals surface area (Å²) in [5.41, 5.74) is 0.772. The number of benzene rings is 1. The molecule has 76 valence electrons. The lowest BCUT2D eigenvalue weighted by atomic mass is 10.1. The standard InChI is InChI=1S/C10H10FIO2/c1-2-14-10(13)6-7-3-4-8(11)9(12)5-7/h3-5H,2,6H2,1H3. The highest BCUT2D eigenvalue weighted by Gasteiger charge is 2.06. The van der Waals surface area contributed by atoms with Crippen molar-refractivity contribution >= 4 is 28.6 Å². The van der Waals surface area contributed by atoms with Gasteiger partial charge in [0.25, 0.3) is 0 Å². The van der Waals surface area contributed by atoms with Crippen molar-refractivity contribution in [2.24, 2.45) is 0 Å². The molecule has 0 aromatic heterocycles. The van der Waals surface area contributed by atoms with Gasteiger partial charge in [0.2, 0.25) is 0 Å². The van der Waals surface area contributed by atoms with Gasteiger partial charge in [0.15, 0.2) is 0 Å². The molecular formula is C10H10FIO2. The summed E-state index contributed by atoms with van der Waals surface area (Å²) in [7, 11) is 0. The van der Waals surface area contributed by atoms with Crippen LogP contribution in [0.1, 0.15) is 12.5 Å². The predicted molar refractivity (Wildman–Crippen MR) is 59.5 cm³/mol. The summed E-state index contributed by atoms with van der Waals surface area (Å²) in [5.74, 6) is -0.548. The Labute approximate surface area is 95.6 Å². The molecule has 0 fully saturated rings. The summed E-state index contributed by atoms with van der Waals surface area (Å²) < 4.78 is 18.2. The van der Waals surface area contributed by atoms with Crippen LogP contribution in [0.3, 0.4) is 0 Å². The average Bonchev–Trinajstić information content (AvgIpc) is 2.12. The van der Waals surface area contributed by atoms with Crippen molar-refractivity contribution < 1.29 is 13.9 Å². The second kappa shape index (κ2) is 5.29. The van der Waals surface area contributed by atoms with Crippen molar-refractivity contribution in [3.05, 3.63) is 33.1 Å². The second-order valence-corrected chi connectivity index (χ2v) is 3.89. The summed E-state index contributed by atoms with van der Waals surface area (Å²) in [4.78, 5) is 11.1. The largest absolute Gasteiger partial charge is 0.466 e. The first-order valence-electron chi connectivity index (χ1n) is 4.23. The van der Waals surface area contributed by atoms with Crippen LogP contribution in [0.4, 0.5) is 4.39 Å². The van der Waals surface area contributed by atoms with Crippen molar-refractivity contribution in [2.75, 3.05) is 6.61 Å². The number of ether oxygens (including phenoxy) is 1. The van der Waals surface area contributed by atoms with Crippen LogP contribution in [0, 0.1) is 9.39 Å².